The topological polar surface area (TPSA) is 57.7 Å². The summed E-state index contributed by atoms with van der Waals surface area (Å²) < 4.78 is 30.1. The van der Waals surface area contributed by atoms with Gasteiger partial charge in [0, 0.05) is 18.6 Å². The van der Waals surface area contributed by atoms with Gasteiger partial charge in [-0.1, -0.05) is 17.7 Å². The van der Waals surface area contributed by atoms with Gasteiger partial charge < -0.3 is 14.2 Å². The van der Waals surface area contributed by atoms with Crippen LogP contribution in [0.25, 0.3) is 10.6 Å². The number of benzene rings is 2. The first-order chi connectivity index (χ1) is 15.8. The van der Waals surface area contributed by atoms with E-state index >= 15 is 0 Å². The molecular weight excluding hydrogens is 465 g/mol. The summed E-state index contributed by atoms with van der Waals surface area (Å²) in [6, 6.07) is 10.4. The van der Waals surface area contributed by atoms with Crippen molar-refractivity contribution in [1.29, 1.82) is 0 Å². The zero-order valence-electron chi connectivity index (χ0n) is 19.1. The molecular formula is C25H27ClFNO4S. The highest BCUT2D eigenvalue weighted by Crippen LogP contribution is 2.31. The summed E-state index contributed by atoms with van der Waals surface area (Å²) in [4.78, 5) is 17.7. The number of thiazole rings is 1. The fourth-order valence-corrected chi connectivity index (χ4v) is 4.45. The molecule has 8 heteroatoms. The van der Waals surface area contributed by atoms with Gasteiger partial charge in [0.05, 0.1) is 22.2 Å². The number of esters is 1. The molecule has 5 nitrogen and oxygen atoms in total. The minimum atomic E-state index is -0.626. The Balaban J connectivity index is 1.67. The second-order valence-corrected chi connectivity index (χ2v) is 8.92. The summed E-state index contributed by atoms with van der Waals surface area (Å²) in [6.07, 6.45) is -0.185. The van der Waals surface area contributed by atoms with E-state index in [1.54, 1.807) is 19.1 Å². The molecule has 3 aromatic rings. The highest BCUT2D eigenvalue weighted by Gasteiger charge is 2.21. The third kappa shape index (κ3) is 6.53. The predicted molar refractivity (Wildman–Crippen MR) is 129 cm³/mol. The normalized spacial score (nSPS) is 11.9. The molecule has 3 rings (SSSR count). The number of hydrogen-bond donors (Lipinski definition) is 0. The van der Waals surface area contributed by atoms with E-state index in [-0.39, 0.29) is 11.0 Å². The van der Waals surface area contributed by atoms with Crippen molar-refractivity contribution in [3.63, 3.8) is 0 Å². The lowest BCUT2D eigenvalue weighted by atomic mass is 10.0. The van der Waals surface area contributed by atoms with Crippen LogP contribution in [0.3, 0.4) is 0 Å². The van der Waals surface area contributed by atoms with E-state index in [2.05, 4.69) is 4.98 Å². The van der Waals surface area contributed by atoms with Crippen molar-refractivity contribution in [3.05, 3.63) is 68.9 Å². The van der Waals surface area contributed by atoms with Crippen LogP contribution in [0.2, 0.25) is 5.02 Å². The predicted octanol–water partition coefficient (Wildman–Crippen LogP) is 6.31. The quantitative estimate of drug-likeness (QED) is 0.311. The monoisotopic (exact) mass is 491 g/mol. The van der Waals surface area contributed by atoms with E-state index in [1.165, 1.54) is 17.4 Å². The van der Waals surface area contributed by atoms with Crippen LogP contribution in [0.5, 0.6) is 5.75 Å². The number of carbonyl (C=O) groups is 1. The van der Waals surface area contributed by atoms with Crippen molar-refractivity contribution in [2.24, 2.45) is 0 Å². The molecule has 0 aliphatic rings. The van der Waals surface area contributed by atoms with Crippen molar-refractivity contribution < 1.29 is 23.4 Å². The summed E-state index contributed by atoms with van der Waals surface area (Å²) in [6.45, 7) is 8.65. The molecule has 0 aliphatic heterocycles. The lowest BCUT2D eigenvalue weighted by Crippen LogP contribution is -2.29. The lowest BCUT2D eigenvalue weighted by Gasteiger charge is -2.17. The molecule has 0 fully saturated rings. The first-order valence-electron chi connectivity index (χ1n) is 10.7. The molecule has 2 aromatic carbocycles. The molecule has 0 spiro atoms. The minimum Gasteiger partial charge on any atom is -0.488 e. The average Bonchev–Trinajstić information content (AvgIpc) is 3.16. The largest absolute Gasteiger partial charge is 0.488 e. The Morgan fingerprint density at radius 2 is 1.94 bits per heavy atom. The maximum Gasteiger partial charge on any atom is 0.335 e. The Morgan fingerprint density at radius 1 is 1.15 bits per heavy atom. The molecule has 0 aliphatic carbocycles. The second-order valence-electron chi connectivity index (χ2n) is 7.43. The number of halogens is 2. The van der Waals surface area contributed by atoms with Gasteiger partial charge in [-0.2, -0.15) is 0 Å². The SMILES string of the molecule is CCOC(=O)C(Cc1ccc(OCc2sc(-c3ccc(F)c(Cl)c3)nc2C)cc1C)OCC. The van der Waals surface area contributed by atoms with Crippen LogP contribution >= 0.6 is 22.9 Å². The van der Waals surface area contributed by atoms with Gasteiger partial charge in [-0.05, 0) is 69.2 Å². The van der Waals surface area contributed by atoms with Gasteiger partial charge in [-0.25, -0.2) is 14.2 Å². The van der Waals surface area contributed by atoms with Crippen LogP contribution < -0.4 is 4.74 Å². The van der Waals surface area contributed by atoms with E-state index < -0.39 is 11.9 Å². The molecule has 1 unspecified atom stereocenters. The molecule has 0 saturated carbocycles. The molecule has 0 amide bonds. The van der Waals surface area contributed by atoms with Crippen LogP contribution in [0.15, 0.2) is 36.4 Å². The van der Waals surface area contributed by atoms with E-state index in [1.807, 2.05) is 39.0 Å². The highest BCUT2D eigenvalue weighted by atomic mass is 35.5. The number of hydrogen-bond acceptors (Lipinski definition) is 6. The molecule has 0 saturated heterocycles. The molecule has 0 bridgehead atoms. The van der Waals surface area contributed by atoms with Crippen molar-refractivity contribution in [2.75, 3.05) is 13.2 Å². The number of aryl methyl sites for hydroxylation is 2. The van der Waals surface area contributed by atoms with Crippen LogP contribution in [0.1, 0.15) is 35.5 Å². The smallest absolute Gasteiger partial charge is 0.335 e. The average molecular weight is 492 g/mol. The van der Waals surface area contributed by atoms with Crippen LogP contribution in [-0.4, -0.2) is 30.3 Å². The standard InChI is InChI=1S/C25H27ClFNO4S/c1-5-30-22(25(29)31-6-2)13-17-7-9-19(11-15(17)3)32-14-23-16(4)28-24(33-23)18-8-10-21(27)20(26)12-18/h7-12,22H,5-6,13-14H2,1-4H3. The van der Waals surface area contributed by atoms with Crippen LogP contribution in [0.4, 0.5) is 4.39 Å². The summed E-state index contributed by atoms with van der Waals surface area (Å²) >= 11 is 7.39. The summed E-state index contributed by atoms with van der Waals surface area (Å²) in [5.74, 6) is -0.0802. The van der Waals surface area contributed by atoms with Gasteiger partial charge >= 0.3 is 5.97 Å². The third-order valence-electron chi connectivity index (χ3n) is 5.07. The zero-order valence-corrected chi connectivity index (χ0v) is 20.7. The van der Waals surface area contributed by atoms with Crippen molar-refractivity contribution in [2.45, 2.75) is 46.8 Å². The highest BCUT2D eigenvalue weighted by molar-refractivity contribution is 7.15. The molecule has 0 N–H and O–H groups in total. The van der Waals surface area contributed by atoms with E-state index in [0.717, 1.165) is 38.0 Å². The second kappa shape index (κ2) is 11.6. The third-order valence-corrected chi connectivity index (χ3v) is 6.54. The maximum absolute atomic E-state index is 13.5. The van der Waals surface area contributed by atoms with Gasteiger partial charge in [0.2, 0.25) is 0 Å². The Hall–Kier alpha value is -2.48. The Kier molecular flexibility index (Phi) is 8.83. The van der Waals surface area contributed by atoms with Gasteiger partial charge in [-0.15, -0.1) is 11.3 Å². The fraction of sp³-hybridized carbons (Fsp3) is 0.360. The molecule has 33 heavy (non-hydrogen) atoms. The van der Waals surface area contributed by atoms with Crippen molar-refractivity contribution in [3.8, 4) is 16.3 Å². The van der Waals surface area contributed by atoms with E-state index in [0.29, 0.717) is 26.2 Å². The lowest BCUT2D eigenvalue weighted by molar-refractivity contribution is -0.156. The van der Waals surface area contributed by atoms with Gasteiger partial charge in [0.1, 0.15) is 23.2 Å². The first kappa shape index (κ1) is 25.1. The Bertz CT molecular complexity index is 1120. The first-order valence-corrected chi connectivity index (χ1v) is 11.9. The number of nitrogens with zero attached hydrogens (tertiary/aromatic N) is 1. The van der Waals surface area contributed by atoms with Crippen molar-refractivity contribution in [1.82, 2.24) is 4.98 Å². The Labute approximate surface area is 202 Å². The molecule has 0 radical (unpaired) electrons. The number of carbonyl (C=O) groups excluding carboxylic acids is 1. The van der Waals surface area contributed by atoms with Gasteiger partial charge in [-0.3, -0.25) is 0 Å². The molecule has 1 atom stereocenters. The van der Waals surface area contributed by atoms with Gasteiger partial charge in [0.15, 0.2) is 6.10 Å². The number of aromatic nitrogens is 1. The Morgan fingerprint density at radius 3 is 2.61 bits per heavy atom. The van der Waals surface area contributed by atoms with Crippen molar-refractivity contribution >= 4 is 28.9 Å². The zero-order chi connectivity index (χ0) is 24.0. The molecule has 176 valence electrons. The maximum atomic E-state index is 13.5. The summed E-state index contributed by atoms with van der Waals surface area (Å²) in [7, 11) is 0. The number of rotatable bonds is 10. The van der Waals surface area contributed by atoms with Crippen LogP contribution in [-0.2, 0) is 27.3 Å². The van der Waals surface area contributed by atoms with Crippen LogP contribution in [0, 0.1) is 19.7 Å². The summed E-state index contributed by atoms with van der Waals surface area (Å²) in [5, 5.41) is 0.837. The molecule has 1 heterocycles. The summed E-state index contributed by atoms with van der Waals surface area (Å²) in [5.41, 5.74) is 3.63. The van der Waals surface area contributed by atoms with E-state index in [4.69, 9.17) is 25.8 Å². The molecule has 1 aromatic heterocycles. The van der Waals surface area contributed by atoms with E-state index in [9.17, 15) is 9.18 Å². The number of ether oxygens (including phenoxy) is 3. The fourth-order valence-electron chi connectivity index (χ4n) is 3.30. The van der Waals surface area contributed by atoms with Gasteiger partial charge in [0.25, 0.3) is 0 Å². The minimum absolute atomic E-state index is 0.0725.